The predicted molar refractivity (Wildman–Crippen MR) is 142 cm³/mol. The van der Waals surface area contributed by atoms with Crippen LogP contribution in [0.4, 0.5) is 5.69 Å². The monoisotopic (exact) mass is 527 g/mol. The van der Waals surface area contributed by atoms with Gasteiger partial charge in [0, 0.05) is 18.6 Å². The molecule has 0 fully saturated rings. The zero-order chi connectivity index (χ0) is 26.3. The molecule has 0 spiro atoms. The Morgan fingerprint density at radius 3 is 2.14 bits per heavy atom. The van der Waals surface area contributed by atoms with Gasteiger partial charge in [0.15, 0.2) is 0 Å². The van der Waals surface area contributed by atoms with E-state index in [0.29, 0.717) is 22.7 Å². The number of likely N-dealkylation sites (N-methyl/N-ethyl adjacent to an activating group) is 1. The van der Waals surface area contributed by atoms with Gasteiger partial charge in [-0.2, -0.15) is 0 Å². The van der Waals surface area contributed by atoms with Crippen LogP contribution in [-0.2, 0) is 26.2 Å². The number of aryl methyl sites for hydroxylation is 1. The van der Waals surface area contributed by atoms with Crippen LogP contribution in [0, 0.1) is 6.92 Å². The summed E-state index contributed by atoms with van der Waals surface area (Å²) in [5.74, 6) is -0.806. The lowest BCUT2D eigenvalue weighted by molar-refractivity contribution is -0.140. The number of anilines is 1. The van der Waals surface area contributed by atoms with Crippen molar-refractivity contribution in [1.82, 2.24) is 10.2 Å². The number of sulfonamides is 1. The molecule has 0 saturated heterocycles. The van der Waals surface area contributed by atoms with E-state index in [2.05, 4.69) is 5.32 Å². The summed E-state index contributed by atoms with van der Waals surface area (Å²) in [7, 11) is -2.61. The zero-order valence-corrected chi connectivity index (χ0v) is 22.1. The van der Waals surface area contributed by atoms with Crippen LogP contribution in [0.1, 0.15) is 24.5 Å². The van der Waals surface area contributed by atoms with Crippen molar-refractivity contribution in [2.45, 2.75) is 37.8 Å². The van der Waals surface area contributed by atoms with E-state index >= 15 is 0 Å². The summed E-state index contributed by atoms with van der Waals surface area (Å²) in [6.07, 6.45) is 0.368. The molecular formula is C27H30ClN3O4S. The maximum atomic E-state index is 13.8. The highest BCUT2D eigenvalue weighted by atomic mass is 35.5. The summed E-state index contributed by atoms with van der Waals surface area (Å²) in [4.78, 5) is 28.0. The van der Waals surface area contributed by atoms with E-state index in [4.69, 9.17) is 11.6 Å². The van der Waals surface area contributed by atoms with Gasteiger partial charge in [0.25, 0.3) is 10.0 Å². The van der Waals surface area contributed by atoms with Gasteiger partial charge in [-0.1, -0.05) is 67.1 Å². The SMILES string of the molecule is CCC(C(=O)NC)N(Cc1ccccc1)C(=O)CN(c1ccccc1C)S(=O)(=O)c1ccc(Cl)cc1. The van der Waals surface area contributed by atoms with E-state index in [-0.39, 0.29) is 17.3 Å². The number of hydrogen-bond acceptors (Lipinski definition) is 4. The lowest BCUT2D eigenvalue weighted by Gasteiger charge is -2.33. The first-order valence-electron chi connectivity index (χ1n) is 11.6. The molecule has 0 aliphatic rings. The van der Waals surface area contributed by atoms with Gasteiger partial charge < -0.3 is 10.2 Å². The topological polar surface area (TPSA) is 86.8 Å². The molecule has 3 aromatic rings. The van der Waals surface area contributed by atoms with E-state index in [1.165, 1.54) is 36.2 Å². The van der Waals surface area contributed by atoms with Crippen LogP contribution >= 0.6 is 11.6 Å². The fraction of sp³-hybridized carbons (Fsp3) is 0.259. The largest absolute Gasteiger partial charge is 0.357 e. The number of hydrogen-bond donors (Lipinski definition) is 1. The first-order valence-corrected chi connectivity index (χ1v) is 13.4. The Morgan fingerprint density at radius 2 is 1.56 bits per heavy atom. The Kier molecular flexibility index (Phi) is 9.12. The summed E-state index contributed by atoms with van der Waals surface area (Å²) in [6.45, 7) is 3.28. The van der Waals surface area contributed by atoms with Crippen LogP contribution in [0.5, 0.6) is 0 Å². The molecule has 0 aromatic heterocycles. The average Bonchev–Trinajstić information content (AvgIpc) is 2.88. The lowest BCUT2D eigenvalue weighted by atomic mass is 10.1. The molecular weight excluding hydrogens is 498 g/mol. The molecule has 9 heteroatoms. The number of rotatable bonds is 10. The zero-order valence-electron chi connectivity index (χ0n) is 20.5. The minimum Gasteiger partial charge on any atom is -0.357 e. The number of carbonyl (C=O) groups excluding carboxylic acids is 2. The van der Waals surface area contributed by atoms with Gasteiger partial charge in [-0.15, -0.1) is 0 Å². The van der Waals surface area contributed by atoms with Crippen molar-refractivity contribution >= 4 is 39.1 Å². The minimum atomic E-state index is -4.13. The summed E-state index contributed by atoms with van der Waals surface area (Å²) < 4.78 is 28.6. The molecule has 3 rings (SSSR count). The number of nitrogens with zero attached hydrogens (tertiary/aromatic N) is 2. The molecule has 0 aliphatic carbocycles. The Hall–Kier alpha value is -3.36. The Labute approximate surface area is 217 Å². The Morgan fingerprint density at radius 1 is 0.944 bits per heavy atom. The van der Waals surface area contributed by atoms with Crippen molar-refractivity contribution < 1.29 is 18.0 Å². The predicted octanol–water partition coefficient (Wildman–Crippen LogP) is 4.40. The van der Waals surface area contributed by atoms with Crippen LogP contribution in [0.25, 0.3) is 0 Å². The van der Waals surface area contributed by atoms with Gasteiger partial charge in [0.1, 0.15) is 12.6 Å². The number of benzene rings is 3. The van der Waals surface area contributed by atoms with E-state index in [9.17, 15) is 18.0 Å². The molecule has 190 valence electrons. The number of para-hydroxylation sites is 1. The Balaban J connectivity index is 2.06. The average molecular weight is 528 g/mol. The minimum absolute atomic E-state index is 0.0101. The van der Waals surface area contributed by atoms with Crippen molar-refractivity contribution in [2.24, 2.45) is 0 Å². The second-order valence-electron chi connectivity index (χ2n) is 8.30. The van der Waals surface area contributed by atoms with E-state index in [1.807, 2.05) is 37.3 Å². The molecule has 1 N–H and O–H groups in total. The van der Waals surface area contributed by atoms with Crippen LogP contribution in [0.15, 0.2) is 83.8 Å². The smallest absolute Gasteiger partial charge is 0.264 e. The van der Waals surface area contributed by atoms with Gasteiger partial charge in [0.2, 0.25) is 11.8 Å². The number of carbonyl (C=O) groups is 2. The van der Waals surface area contributed by atoms with Crippen LogP contribution in [-0.4, -0.2) is 44.8 Å². The molecule has 1 atom stereocenters. The fourth-order valence-electron chi connectivity index (χ4n) is 3.96. The van der Waals surface area contributed by atoms with Crippen molar-refractivity contribution in [3.63, 3.8) is 0 Å². The second-order valence-corrected chi connectivity index (χ2v) is 10.6. The molecule has 3 aromatic carbocycles. The molecule has 36 heavy (non-hydrogen) atoms. The molecule has 0 bridgehead atoms. The molecule has 0 saturated carbocycles. The van der Waals surface area contributed by atoms with Gasteiger partial charge in [-0.25, -0.2) is 8.42 Å². The summed E-state index contributed by atoms with van der Waals surface area (Å²) in [6, 6.07) is 21.3. The van der Waals surface area contributed by atoms with E-state index in [1.54, 1.807) is 31.2 Å². The lowest BCUT2D eigenvalue weighted by Crippen LogP contribution is -2.51. The normalized spacial score (nSPS) is 12.0. The number of nitrogens with one attached hydrogen (secondary N) is 1. The first-order chi connectivity index (χ1) is 17.2. The van der Waals surface area contributed by atoms with E-state index < -0.39 is 28.5 Å². The van der Waals surface area contributed by atoms with E-state index in [0.717, 1.165) is 9.87 Å². The Bertz CT molecular complexity index is 1300. The van der Waals surface area contributed by atoms with Crippen molar-refractivity contribution in [3.8, 4) is 0 Å². The number of halogens is 1. The molecule has 0 radical (unpaired) electrons. The van der Waals surface area contributed by atoms with Gasteiger partial charge in [-0.05, 0) is 54.8 Å². The summed E-state index contributed by atoms with van der Waals surface area (Å²) in [5, 5.41) is 3.02. The standard InChI is InChI=1S/C27H30ClN3O4S/c1-4-24(27(33)29-3)30(18-21-11-6-5-7-12-21)26(32)19-31(25-13-9-8-10-20(25)2)36(34,35)23-16-14-22(28)15-17-23/h5-17,24H,4,18-19H2,1-3H3,(H,29,33). The third kappa shape index (κ3) is 6.25. The van der Waals surface area contributed by atoms with Crippen molar-refractivity contribution in [2.75, 3.05) is 17.9 Å². The quantitative estimate of drug-likeness (QED) is 0.423. The molecule has 0 aliphatic heterocycles. The highest BCUT2D eigenvalue weighted by Gasteiger charge is 2.33. The number of amides is 2. The summed E-state index contributed by atoms with van der Waals surface area (Å²) >= 11 is 5.97. The second kappa shape index (κ2) is 12.1. The maximum absolute atomic E-state index is 13.8. The fourth-order valence-corrected chi connectivity index (χ4v) is 5.56. The molecule has 1 unspecified atom stereocenters. The first kappa shape index (κ1) is 27.2. The van der Waals surface area contributed by atoms with Crippen LogP contribution < -0.4 is 9.62 Å². The highest BCUT2D eigenvalue weighted by molar-refractivity contribution is 7.92. The van der Waals surface area contributed by atoms with Crippen LogP contribution in [0.2, 0.25) is 5.02 Å². The third-order valence-electron chi connectivity index (χ3n) is 5.89. The summed E-state index contributed by atoms with van der Waals surface area (Å²) in [5.41, 5.74) is 1.90. The van der Waals surface area contributed by atoms with Crippen LogP contribution in [0.3, 0.4) is 0 Å². The van der Waals surface area contributed by atoms with Crippen molar-refractivity contribution in [3.05, 3.63) is 95.0 Å². The highest BCUT2D eigenvalue weighted by Crippen LogP contribution is 2.28. The third-order valence-corrected chi connectivity index (χ3v) is 7.92. The molecule has 7 nitrogen and oxygen atoms in total. The van der Waals surface area contributed by atoms with Gasteiger partial charge in [-0.3, -0.25) is 13.9 Å². The maximum Gasteiger partial charge on any atom is 0.264 e. The van der Waals surface area contributed by atoms with Gasteiger partial charge in [0.05, 0.1) is 10.6 Å². The van der Waals surface area contributed by atoms with Gasteiger partial charge >= 0.3 is 0 Å². The molecule has 0 heterocycles. The molecule has 2 amide bonds. The van der Waals surface area contributed by atoms with Crippen molar-refractivity contribution in [1.29, 1.82) is 0 Å².